The van der Waals surface area contributed by atoms with Gasteiger partial charge < -0.3 is 15.1 Å². The number of hydrogen-bond acceptors (Lipinski definition) is 5. The molecule has 1 aliphatic heterocycles. The topological polar surface area (TPSA) is 44.3 Å². The minimum absolute atomic E-state index is 0.243. The van der Waals surface area contributed by atoms with Gasteiger partial charge in [-0.25, -0.2) is 14.4 Å². The fourth-order valence-electron chi connectivity index (χ4n) is 2.67. The molecule has 8 heteroatoms. The second-order valence-electron chi connectivity index (χ2n) is 5.82. The number of rotatable bonds is 3. The van der Waals surface area contributed by atoms with Crippen LogP contribution in [0.3, 0.4) is 0 Å². The van der Waals surface area contributed by atoms with Gasteiger partial charge in [0, 0.05) is 31.6 Å². The molecular weight excluding hydrogens is 385 g/mol. The van der Waals surface area contributed by atoms with E-state index in [1.54, 1.807) is 6.07 Å². The number of hydrogen-bond donors (Lipinski definition) is 1. The van der Waals surface area contributed by atoms with Crippen molar-refractivity contribution in [3.05, 3.63) is 27.2 Å². The summed E-state index contributed by atoms with van der Waals surface area (Å²) in [7, 11) is 3.87. The van der Waals surface area contributed by atoms with Gasteiger partial charge in [-0.3, -0.25) is 0 Å². The van der Waals surface area contributed by atoms with Gasteiger partial charge in [0.15, 0.2) is 5.82 Å². The summed E-state index contributed by atoms with van der Waals surface area (Å²) in [6.07, 6.45) is 0. The summed E-state index contributed by atoms with van der Waals surface area (Å²) in [6.45, 7) is 3.95. The molecule has 2 aromatic rings. The Labute approximate surface area is 148 Å². The number of piperazine rings is 1. The van der Waals surface area contributed by atoms with E-state index in [0.29, 0.717) is 28.3 Å². The molecule has 0 atom stereocenters. The van der Waals surface area contributed by atoms with Crippen LogP contribution in [-0.2, 0) is 6.54 Å². The molecule has 0 bridgehead atoms. The second-order valence-corrected chi connectivity index (χ2v) is 7.02. The highest BCUT2D eigenvalue weighted by atomic mass is 79.9. The highest BCUT2D eigenvalue weighted by Gasteiger charge is 2.21. The summed E-state index contributed by atoms with van der Waals surface area (Å²) < 4.78 is 14.9. The van der Waals surface area contributed by atoms with Crippen molar-refractivity contribution in [3.8, 4) is 0 Å². The maximum absolute atomic E-state index is 14.7. The Morgan fingerprint density at radius 2 is 2.04 bits per heavy atom. The molecule has 0 radical (unpaired) electrons. The Kier molecular flexibility index (Phi) is 5.01. The van der Waals surface area contributed by atoms with Gasteiger partial charge in [0.25, 0.3) is 0 Å². The van der Waals surface area contributed by atoms with Crippen LogP contribution in [0.1, 0.15) is 5.82 Å². The van der Waals surface area contributed by atoms with Gasteiger partial charge in [-0.2, -0.15) is 0 Å². The van der Waals surface area contributed by atoms with Crippen LogP contribution in [0.4, 0.5) is 10.2 Å². The second kappa shape index (κ2) is 6.84. The summed E-state index contributed by atoms with van der Waals surface area (Å²) in [5.41, 5.74) is 0.307. The quantitative estimate of drug-likeness (QED) is 0.800. The predicted octanol–water partition coefficient (Wildman–Crippen LogP) is 2.66. The maximum atomic E-state index is 14.7. The summed E-state index contributed by atoms with van der Waals surface area (Å²) >= 11 is 9.34. The molecule has 23 heavy (non-hydrogen) atoms. The van der Waals surface area contributed by atoms with E-state index in [4.69, 9.17) is 11.6 Å². The molecule has 0 amide bonds. The Hall–Kier alpha value is -1.02. The lowest BCUT2D eigenvalue weighted by molar-refractivity contribution is 0.390. The van der Waals surface area contributed by atoms with Crippen LogP contribution in [0.5, 0.6) is 0 Å². The normalized spacial score (nSPS) is 15.7. The molecule has 0 aliphatic carbocycles. The molecule has 1 aromatic carbocycles. The SMILES string of the molecule is CN(C)Cc1nc(N2CCNCC2)c2cc(Cl)c(Br)c(F)c2n1. The van der Waals surface area contributed by atoms with Crippen LogP contribution in [0.15, 0.2) is 10.5 Å². The smallest absolute Gasteiger partial charge is 0.165 e. The third-order valence-corrected chi connectivity index (χ3v) is 5.03. The first-order valence-corrected chi connectivity index (χ1v) is 8.59. The number of nitrogens with one attached hydrogen (secondary N) is 1. The van der Waals surface area contributed by atoms with Crippen LogP contribution < -0.4 is 10.2 Å². The van der Waals surface area contributed by atoms with E-state index in [9.17, 15) is 4.39 Å². The predicted molar refractivity (Wildman–Crippen MR) is 94.7 cm³/mol. The summed E-state index contributed by atoms with van der Waals surface area (Å²) in [4.78, 5) is 13.2. The third-order valence-electron chi connectivity index (χ3n) is 3.73. The van der Waals surface area contributed by atoms with Crippen LogP contribution in [0.2, 0.25) is 5.02 Å². The molecular formula is C15H18BrClFN5. The van der Waals surface area contributed by atoms with Gasteiger partial charge in [0.05, 0.1) is 16.0 Å². The fraction of sp³-hybridized carbons (Fsp3) is 0.467. The lowest BCUT2D eigenvalue weighted by Gasteiger charge is -2.29. The van der Waals surface area contributed by atoms with E-state index in [2.05, 4.69) is 36.1 Å². The van der Waals surface area contributed by atoms with Gasteiger partial charge in [0.1, 0.15) is 17.2 Å². The Bertz CT molecular complexity index is 734. The minimum atomic E-state index is -0.439. The zero-order valence-electron chi connectivity index (χ0n) is 13.0. The maximum Gasteiger partial charge on any atom is 0.165 e. The fourth-order valence-corrected chi connectivity index (χ4v) is 3.17. The van der Waals surface area contributed by atoms with E-state index < -0.39 is 5.82 Å². The van der Waals surface area contributed by atoms with Crippen molar-refractivity contribution in [1.82, 2.24) is 20.2 Å². The van der Waals surface area contributed by atoms with Crippen molar-refractivity contribution in [2.24, 2.45) is 0 Å². The minimum Gasteiger partial charge on any atom is -0.353 e. The van der Waals surface area contributed by atoms with Gasteiger partial charge in [-0.15, -0.1) is 0 Å². The highest BCUT2D eigenvalue weighted by molar-refractivity contribution is 9.10. The molecule has 0 saturated carbocycles. The van der Waals surface area contributed by atoms with E-state index in [1.165, 1.54) is 0 Å². The zero-order valence-corrected chi connectivity index (χ0v) is 15.4. The molecule has 0 spiro atoms. The number of anilines is 1. The van der Waals surface area contributed by atoms with Gasteiger partial charge >= 0.3 is 0 Å². The highest BCUT2D eigenvalue weighted by Crippen LogP contribution is 2.35. The average molecular weight is 403 g/mol. The lowest BCUT2D eigenvalue weighted by atomic mass is 10.2. The van der Waals surface area contributed by atoms with Crippen LogP contribution in [-0.4, -0.2) is 55.1 Å². The van der Waals surface area contributed by atoms with Crippen molar-refractivity contribution in [3.63, 3.8) is 0 Å². The van der Waals surface area contributed by atoms with Crippen molar-refractivity contribution in [1.29, 1.82) is 0 Å². The van der Waals surface area contributed by atoms with Crippen molar-refractivity contribution < 1.29 is 4.39 Å². The van der Waals surface area contributed by atoms with E-state index >= 15 is 0 Å². The van der Waals surface area contributed by atoms with Gasteiger partial charge in [0.2, 0.25) is 0 Å². The van der Waals surface area contributed by atoms with Crippen LogP contribution >= 0.6 is 27.5 Å². The molecule has 1 aliphatic rings. The lowest BCUT2D eigenvalue weighted by Crippen LogP contribution is -2.44. The first-order chi connectivity index (χ1) is 11.0. The molecule has 1 N–H and O–H groups in total. The third kappa shape index (κ3) is 3.42. The average Bonchev–Trinajstić information content (AvgIpc) is 2.53. The number of halogens is 3. The molecule has 1 aromatic heterocycles. The molecule has 1 saturated heterocycles. The first-order valence-electron chi connectivity index (χ1n) is 7.42. The van der Waals surface area contributed by atoms with Crippen molar-refractivity contribution in [2.45, 2.75) is 6.54 Å². The van der Waals surface area contributed by atoms with Crippen LogP contribution in [0, 0.1) is 5.82 Å². The Balaban J connectivity index is 2.21. The summed E-state index contributed by atoms with van der Waals surface area (Å²) in [6, 6.07) is 1.74. The zero-order chi connectivity index (χ0) is 16.6. The van der Waals surface area contributed by atoms with E-state index in [0.717, 1.165) is 32.0 Å². The molecule has 1 fully saturated rings. The number of aromatic nitrogens is 2. The number of nitrogens with zero attached hydrogens (tertiary/aromatic N) is 4. The molecule has 2 heterocycles. The van der Waals surface area contributed by atoms with Crippen molar-refractivity contribution in [2.75, 3.05) is 45.2 Å². The summed E-state index contributed by atoms with van der Waals surface area (Å²) in [5, 5.41) is 4.29. The molecule has 124 valence electrons. The van der Waals surface area contributed by atoms with Crippen molar-refractivity contribution >= 4 is 44.3 Å². The number of fused-ring (bicyclic) bond motifs is 1. The molecule has 0 unspecified atom stereocenters. The summed E-state index contributed by atoms with van der Waals surface area (Å²) in [5.74, 6) is 0.914. The van der Waals surface area contributed by atoms with Crippen LogP contribution in [0.25, 0.3) is 10.9 Å². The largest absolute Gasteiger partial charge is 0.353 e. The molecule has 5 nitrogen and oxygen atoms in total. The first kappa shape index (κ1) is 16.8. The monoisotopic (exact) mass is 401 g/mol. The Morgan fingerprint density at radius 3 is 2.70 bits per heavy atom. The van der Waals surface area contributed by atoms with E-state index in [1.807, 2.05) is 19.0 Å². The van der Waals surface area contributed by atoms with Gasteiger partial charge in [-0.05, 0) is 36.1 Å². The van der Waals surface area contributed by atoms with E-state index in [-0.39, 0.29) is 4.47 Å². The Morgan fingerprint density at radius 1 is 1.35 bits per heavy atom. The van der Waals surface area contributed by atoms with Gasteiger partial charge in [-0.1, -0.05) is 11.6 Å². The number of benzene rings is 1. The standard InChI is InChI=1S/C15H18BrClFN5/c1-22(2)8-11-20-14-9(7-10(17)12(16)13(14)18)15(21-11)23-5-3-19-4-6-23/h7,19H,3-6,8H2,1-2H3. The molecule has 3 rings (SSSR count).